The van der Waals surface area contributed by atoms with Crippen molar-refractivity contribution in [2.45, 2.75) is 30.7 Å². The van der Waals surface area contributed by atoms with E-state index in [-0.39, 0.29) is 5.56 Å². The molecule has 2 rings (SSSR count). The Bertz CT molecular complexity index is 372. The minimum Gasteiger partial charge on any atom is -0.320 e. The molecule has 2 N–H and O–H groups in total. The Balaban J connectivity index is 2.18. The van der Waals surface area contributed by atoms with Crippen LogP contribution in [0.1, 0.15) is 18.4 Å². The van der Waals surface area contributed by atoms with Gasteiger partial charge >= 0.3 is 0 Å². The molecule has 1 aliphatic rings. The van der Waals surface area contributed by atoms with Crippen molar-refractivity contribution in [3.8, 4) is 0 Å². The Kier molecular flexibility index (Phi) is 2.26. The Morgan fingerprint density at radius 3 is 2.40 bits per heavy atom. The SMILES string of the molecule is NC1(C(F)(F)Cc2ccccc2F)CC1. The summed E-state index contributed by atoms with van der Waals surface area (Å²) in [6.07, 6.45) is 0.0130. The van der Waals surface area contributed by atoms with Crippen LogP contribution in [0.3, 0.4) is 0 Å². The third-order valence-electron chi connectivity index (χ3n) is 2.89. The van der Waals surface area contributed by atoms with E-state index in [4.69, 9.17) is 5.73 Å². The number of hydrogen-bond donors (Lipinski definition) is 1. The highest BCUT2D eigenvalue weighted by atomic mass is 19.3. The van der Waals surface area contributed by atoms with Crippen LogP contribution in [0.25, 0.3) is 0 Å². The van der Waals surface area contributed by atoms with Crippen LogP contribution in [0.15, 0.2) is 24.3 Å². The van der Waals surface area contributed by atoms with Gasteiger partial charge in [0.1, 0.15) is 5.82 Å². The summed E-state index contributed by atoms with van der Waals surface area (Å²) in [4.78, 5) is 0. The summed E-state index contributed by atoms with van der Waals surface area (Å²) in [5.41, 5.74) is 4.07. The van der Waals surface area contributed by atoms with Gasteiger partial charge in [-0.25, -0.2) is 13.2 Å². The molecular weight excluding hydrogens is 203 g/mol. The van der Waals surface area contributed by atoms with Gasteiger partial charge in [0.2, 0.25) is 0 Å². The molecule has 1 aromatic carbocycles. The van der Waals surface area contributed by atoms with Crippen LogP contribution in [0.5, 0.6) is 0 Å². The molecule has 1 saturated carbocycles. The molecule has 0 aliphatic heterocycles. The molecule has 0 unspecified atom stereocenters. The van der Waals surface area contributed by atoms with Gasteiger partial charge in [0.05, 0.1) is 5.54 Å². The molecule has 0 radical (unpaired) electrons. The van der Waals surface area contributed by atoms with Crippen molar-refractivity contribution in [3.05, 3.63) is 35.6 Å². The molecule has 0 heterocycles. The molecule has 0 amide bonds. The fraction of sp³-hybridized carbons (Fsp3) is 0.455. The molecular formula is C11H12F3N. The predicted octanol–water partition coefficient (Wildman–Crippen LogP) is 2.49. The molecule has 0 spiro atoms. The Labute approximate surface area is 86.1 Å². The molecule has 1 aromatic rings. The molecule has 0 atom stereocenters. The first-order valence-electron chi connectivity index (χ1n) is 4.85. The highest BCUT2D eigenvalue weighted by molar-refractivity contribution is 5.22. The van der Waals surface area contributed by atoms with Gasteiger partial charge in [-0.05, 0) is 24.5 Å². The second-order valence-electron chi connectivity index (χ2n) is 4.13. The van der Waals surface area contributed by atoms with Crippen molar-refractivity contribution >= 4 is 0 Å². The van der Waals surface area contributed by atoms with Crippen molar-refractivity contribution in [3.63, 3.8) is 0 Å². The number of halogens is 3. The van der Waals surface area contributed by atoms with Crippen LogP contribution in [-0.4, -0.2) is 11.5 Å². The van der Waals surface area contributed by atoms with Gasteiger partial charge in [-0.15, -0.1) is 0 Å². The maximum atomic E-state index is 13.6. The van der Waals surface area contributed by atoms with Gasteiger partial charge in [-0.1, -0.05) is 18.2 Å². The average molecular weight is 215 g/mol. The standard InChI is InChI=1S/C11H12F3N/c12-9-4-2-1-3-8(9)7-11(13,14)10(15)5-6-10/h1-4H,5-7,15H2. The molecule has 1 aliphatic carbocycles. The highest BCUT2D eigenvalue weighted by Crippen LogP contribution is 2.47. The summed E-state index contributed by atoms with van der Waals surface area (Å²) in [5, 5.41) is 0. The lowest BCUT2D eigenvalue weighted by atomic mass is 9.99. The maximum absolute atomic E-state index is 13.6. The molecule has 15 heavy (non-hydrogen) atoms. The lowest BCUT2D eigenvalue weighted by molar-refractivity contribution is -0.0356. The number of alkyl halides is 2. The van der Waals surface area contributed by atoms with Gasteiger partial charge in [-0.2, -0.15) is 0 Å². The van der Waals surface area contributed by atoms with Gasteiger partial charge < -0.3 is 5.73 Å². The van der Waals surface area contributed by atoms with E-state index in [1.807, 2.05) is 0 Å². The van der Waals surface area contributed by atoms with Gasteiger partial charge in [0.25, 0.3) is 5.92 Å². The summed E-state index contributed by atoms with van der Waals surface area (Å²) >= 11 is 0. The van der Waals surface area contributed by atoms with E-state index in [9.17, 15) is 13.2 Å². The normalized spacial score (nSPS) is 18.9. The summed E-state index contributed by atoms with van der Waals surface area (Å²) in [6.45, 7) is 0. The van der Waals surface area contributed by atoms with Crippen LogP contribution in [0.4, 0.5) is 13.2 Å². The first kappa shape index (κ1) is 10.5. The molecule has 4 heteroatoms. The van der Waals surface area contributed by atoms with Crippen LogP contribution in [-0.2, 0) is 6.42 Å². The predicted molar refractivity (Wildman–Crippen MR) is 51.2 cm³/mol. The smallest absolute Gasteiger partial charge is 0.269 e. The maximum Gasteiger partial charge on any atom is 0.269 e. The molecule has 1 nitrogen and oxygen atoms in total. The molecule has 82 valence electrons. The van der Waals surface area contributed by atoms with Gasteiger partial charge in [0.15, 0.2) is 0 Å². The minimum absolute atomic E-state index is 0.0271. The van der Waals surface area contributed by atoms with E-state index in [0.717, 1.165) is 0 Å². The number of rotatable bonds is 3. The largest absolute Gasteiger partial charge is 0.320 e. The van der Waals surface area contributed by atoms with Crippen LogP contribution in [0, 0.1) is 5.82 Å². The first-order chi connectivity index (χ1) is 6.95. The summed E-state index contributed by atoms with van der Waals surface area (Å²) in [7, 11) is 0. The van der Waals surface area contributed by atoms with E-state index < -0.39 is 23.7 Å². The number of nitrogens with two attached hydrogens (primary N) is 1. The van der Waals surface area contributed by atoms with Crippen LogP contribution >= 0.6 is 0 Å². The molecule has 1 fully saturated rings. The zero-order valence-electron chi connectivity index (χ0n) is 8.14. The average Bonchev–Trinajstić information content (AvgIpc) is 2.89. The second-order valence-corrected chi connectivity index (χ2v) is 4.13. The molecule has 0 bridgehead atoms. The Morgan fingerprint density at radius 2 is 1.87 bits per heavy atom. The van der Waals surface area contributed by atoms with E-state index in [1.165, 1.54) is 18.2 Å². The number of benzene rings is 1. The summed E-state index contributed by atoms with van der Waals surface area (Å²) in [5.74, 6) is -3.61. The fourth-order valence-electron chi connectivity index (χ4n) is 1.56. The highest BCUT2D eigenvalue weighted by Gasteiger charge is 2.59. The lowest BCUT2D eigenvalue weighted by Gasteiger charge is -2.23. The van der Waals surface area contributed by atoms with E-state index >= 15 is 0 Å². The quantitative estimate of drug-likeness (QED) is 0.823. The van der Waals surface area contributed by atoms with Crippen molar-refractivity contribution in [1.82, 2.24) is 0 Å². The Hall–Kier alpha value is -1.03. The zero-order chi connectivity index (χ0) is 11.1. The number of hydrogen-bond acceptors (Lipinski definition) is 1. The molecule has 0 aromatic heterocycles. The monoisotopic (exact) mass is 215 g/mol. The van der Waals surface area contributed by atoms with Crippen molar-refractivity contribution < 1.29 is 13.2 Å². The van der Waals surface area contributed by atoms with Crippen LogP contribution in [0.2, 0.25) is 0 Å². The third-order valence-corrected chi connectivity index (χ3v) is 2.89. The Morgan fingerprint density at radius 1 is 1.27 bits per heavy atom. The van der Waals surface area contributed by atoms with Crippen LogP contribution < -0.4 is 5.73 Å². The minimum atomic E-state index is -3.02. The summed E-state index contributed by atoms with van der Waals surface area (Å²) < 4.78 is 40.3. The fourth-order valence-corrected chi connectivity index (χ4v) is 1.56. The van der Waals surface area contributed by atoms with E-state index in [1.54, 1.807) is 6.07 Å². The first-order valence-corrected chi connectivity index (χ1v) is 4.85. The lowest BCUT2D eigenvalue weighted by Crippen LogP contribution is -2.45. The molecule has 0 saturated heterocycles. The topological polar surface area (TPSA) is 26.0 Å². The zero-order valence-corrected chi connectivity index (χ0v) is 8.14. The second kappa shape index (κ2) is 3.23. The summed E-state index contributed by atoms with van der Waals surface area (Å²) in [6, 6.07) is 5.58. The van der Waals surface area contributed by atoms with Crippen molar-refractivity contribution in [1.29, 1.82) is 0 Å². The van der Waals surface area contributed by atoms with Crippen molar-refractivity contribution in [2.75, 3.05) is 0 Å². The van der Waals surface area contributed by atoms with Crippen molar-refractivity contribution in [2.24, 2.45) is 5.73 Å². The van der Waals surface area contributed by atoms with Gasteiger partial charge in [-0.3, -0.25) is 0 Å². The van der Waals surface area contributed by atoms with Gasteiger partial charge in [0, 0.05) is 6.42 Å². The van der Waals surface area contributed by atoms with E-state index in [0.29, 0.717) is 12.8 Å². The van der Waals surface area contributed by atoms with E-state index in [2.05, 4.69) is 0 Å². The third kappa shape index (κ3) is 1.86.